The van der Waals surface area contributed by atoms with E-state index in [2.05, 4.69) is 216 Å². The molecule has 0 radical (unpaired) electrons. The van der Waals surface area contributed by atoms with E-state index in [0.29, 0.717) is 0 Å². The number of hydrogen-bond acceptors (Lipinski definition) is 2. The van der Waals surface area contributed by atoms with E-state index in [9.17, 15) is 0 Å². The lowest BCUT2D eigenvalue weighted by atomic mass is 9.93. The summed E-state index contributed by atoms with van der Waals surface area (Å²) in [7, 11) is 0. The van der Waals surface area contributed by atoms with Gasteiger partial charge in [-0.2, -0.15) is 0 Å². The lowest BCUT2D eigenvalue weighted by molar-refractivity contribution is 0.669. The minimum Gasteiger partial charge on any atom is -0.456 e. The summed E-state index contributed by atoms with van der Waals surface area (Å²) in [6.07, 6.45) is 0. The summed E-state index contributed by atoms with van der Waals surface area (Å²) >= 11 is 0. The number of nitrogens with zero attached hydrogens (tertiary/aromatic N) is 2. The molecule has 11 rings (SSSR count). The van der Waals surface area contributed by atoms with E-state index in [1.807, 2.05) is 12.1 Å². The lowest BCUT2D eigenvalue weighted by Gasteiger charge is -2.28. The van der Waals surface area contributed by atoms with E-state index in [-0.39, 0.29) is 0 Å². The Labute approximate surface area is 330 Å². The zero-order valence-corrected chi connectivity index (χ0v) is 31.1. The Hall–Kier alpha value is -7.62. The van der Waals surface area contributed by atoms with Crippen LogP contribution in [0.4, 0.5) is 17.1 Å². The molecule has 0 N–H and O–H groups in total. The van der Waals surface area contributed by atoms with Gasteiger partial charge in [-0.3, -0.25) is 0 Å². The molecular formula is C54H36N2O. The minimum absolute atomic E-state index is 0.891. The highest BCUT2D eigenvalue weighted by Crippen LogP contribution is 2.45. The molecule has 0 unspecified atom stereocenters. The van der Waals surface area contributed by atoms with Crippen molar-refractivity contribution in [3.63, 3.8) is 0 Å². The molecule has 0 atom stereocenters. The fourth-order valence-electron chi connectivity index (χ4n) is 8.65. The number of benzene rings is 9. The molecule has 0 aliphatic heterocycles. The molecular weight excluding hydrogens is 693 g/mol. The topological polar surface area (TPSA) is 21.3 Å². The summed E-state index contributed by atoms with van der Waals surface area (Å²) in [5.41, 5.74) is 15.5. The first-order valence-electron chi connectivity index (χ1n) is 19.4. The van der Waals surface area contributed by atoms with Crippen LogP contribution in [0.5, 0.6) is 0 Å². The van der Waals surface area contributed by atoms with Crippen LogP contribution in [-0.2, 0) is 0 Å². The highest BCUT2D eigenvalue weighted by molar-refractivity contribution is 6.11. The van der Waals surface area contributed by atoms with Crippen LogP contribution in [0.15, 0.2) is 223 Å². The Balaban J connectivity index is 1.14. The molecule has 2 aromatic heterocycles. The largest absolute Gasteiger partial charge is 0.456 e. The molecule has 3 nitrogen and oxygen atoms in total. The molecule has 0 aliphatic rings. The lowest BCUT2D eigenvalue weighted by Crippen LogP contribution is -2.11. The average molecular weight is 729 g/mol. The minimum atomic E-state index is 0.891. The monoisotopic (exact) mass is 728 g/mol. The van der Waals surface area contributed by atoms with Crippen LogP contribution in [0.1, 0.15) is 0 Å². The third-order valence-corrected chi connectivity index (χ3v) is 11.2. The normalized spacial score (nSPS) is 11.5. The van der Waals surface area contributed by atoms with Gasteiger partial charge < -0.3 is 13.9 Å². The van der Waals surface area contributed by atoms with Gasteiger partial charge in [-0.05, 0) is 82.9 Å². The van der Waals surface area contributed by atoms with Crippen molar-refractivity contribution < 1.29 is 4.42 Å². The molecule has 0 fully saturated rings. The number of aromatic nitrogens is 1. The third-order valence-electron chi connectivity index (χ3n) is 11.2. The molecule has 0 saturated heterocycles. The Bertz CT molecular complexity index is 3250. The van der Waals surface area contributed by atoms with Gasteiger partial charge in [0, 0.05) is 44.0 Å². The fourth-order valence-corrected chi connectivity index (χ4v) is 8.65. The number of furan rings is 1. The molecule has 3 heteroatoms. The van der Waals surface area contributed by atoms with Crippen molar-refractivity contribution in [3.05, 3.63) is 218 Å². The maximum atomic E-state index is 6.23. The third kappa shape index (κ3) is 5.51. The van der Waals surface area contributed by atoms with Gasteiger partial charge >= 0.3 is 0 Å². The maximum absolute atomic E-state index is 6.23. The second-order valence-corrected chi connectivity index (χ2v) is 14.5. The summed E-state index contributed by atoms with van der Waals surface area (Å²) in [5, 5.41) is 4.66. The van der Waals surface area contributed by atoms with Gasteiger partial charge in [0.1, 0.15) is 11.2 Å². The van der Waals surface area contributed by atoms with Crippen LogP contribution in [0.25, 0.3) is 82.8 Å². The van der Waals surface area contributed by atoms with Crippen LogP contribution in [0, 0.1) is 0 Å². The molecule has 2 heterocycles. The number of para-hydroxylation sites is 5. The summed E-state index contributed by atoms with van der Waals surface area (Å²) in [6, 6.07) is 78.2. The number of anilines is 3. The number of hydrogen-bond donors (Lipinski definition) is 0. The molecule has 9 aromatic carbocycles. The van der Waals surface area contributed by atoms with Crippen molar-refractivity contribution in [2.45, 2.75) is 0 Å². The molecule has 0 saturated carbocycles. The highest BCUT2D eigenvalue weighted by Gasteiger charge is 2.22. The summed E-state index contributed by atoms with van der Waals surface area (Å²) in [5.74, 6) is 0. The smallest absolute Gasteiger partial charge is 0.135 e. The summed E-state index contributed by atoms with van der Waals surface area (Å²) < 4.78 is 8.68. The molecule has 57 heavy (non-hydrogen) atoms. The van der Waals surface area contributed by atoms with Gasteiger partial charge in [0.05, 0.1) is 22.4 Å². The standard InChI is InChI=1S/C54H36N2O/c1-3-17-37(18-4-1)41-21-7-8-23-43(41)44-24-10-14-28-50(44)56-51-29-15-11-25-45(51)46-33-32-40(36-52(46)56)55(39-19-5-2-6-20-39)49-27-13-9-22-42(49)38-31-34-54-48(35-38)47-26-12-16-30-53(47)57-54/h1-36H. The maximum Gasteiger partial charge on any atom is 0.135 e. The van der Waals surface area contributed by atoms with Crippen LogP contribution < -0.4 is 4.90 Å². The van der Waals surface area contributed by atoms with Crippen molar-refractivity contribution in [1.29, 1.82) is 0 Å². The second kappa shape index (κ2) is 13.6. The van der Waals surface area contributed by atoms with Crippen molar-refractivity contribution in [2.75, 3.05) is 4.90 Å². The predicted molar refractivity (Wildman–Crippen MR) is 239 cm³/mol. The van der Waals surface area contributed by atoms with E-state index in [0.717, 1.165) is 61.3 Å². The Morgan fingerprint density at radius 1 is 0.333 bits per heavy atom. The zero-order valence-electron chi connectivity index (χ0n) is 31.1. The number of fused-ring (bicyclic) bond motifs is 6. The van der Waals surface area contributed by atoms with Crippen LogP contribution in [-0.4, -0.2) is 4.57 Å². The molecule has 268 valence electrons. The van der Waals surface area contributed by atoms with Gasteiger partial charge in [-0.15, -0.1) is 0 Å². The first-order valence-corrected chi connectivity index (χ1v) is 19.4. The molecule has 0 amide bonds. The van der Waals surface area contributed by atoms with Gasteiger partial charge in [0.2, 0.25) is 0 Å². The Morgan fingerprint density at radius 2 is 0.947 bits per heavy atom. The van der Waals surface area contributed by atoms with E-state index in [4.69, 9.17) is 4.42 Å². The molecule has 0 aliphatic carbocycles. The highest BCUT2D eigenvalue weighted by atomic mass is 16.3. The van der Waals surface area contributed by atoms with Gasteiger partial charge in [0.25, 0.3) is 0 Å². The second-order valence-electron chi connectivity index (χ2n) is 14.5. The number of rotatable bonds is 7. The Morgan fingerprint density at radius 3 is 1.79 bits per heavy atom. The average Bonchev–Trinajstić information content (AvgIpc) is 3.82. The van der Waals surface area contributed by atoms with E-state index < -0.39 is 0 Å². The van der Waals surface area contributed by atoms with Crippen LogP contribution >= 0.6 is 0 Å². The Kier molecular flexibility index (Phi) is 7.82. The molecule has 0 bridgehead atoms. The predicted octanol–water partition coefficient (Wildman–Crippen LogP) is 15.2. The first kappa shape index (κ1) is 32.8. The zero-order chi connectivity index (χ0) is 37.7. The summed E-state index contributed by atoms with van der Waals surface area (Å²) in [6.45, 7) is 0. The van der Waals surface area contributed by atoms with E-state index >= 15 is 0 Å². The quantitative estimate of drug-likeness (QED) is 0.163. The van der Waals surface area contributed by atoms with Crippen molar-refractivity contribution in [2.24, 2.45) is 0 Å². The van der Waals surface area contributed by atoms with Gasteiger partial charge in [-0.1, -0.05) is 158 Å². The fraction of sp³-hybridized carbons (Fsp3) is 0. The van der Waals surface area contributed by atoms with Gasteiger partial charge in [0.15, 0.2) is 0 Å². The van der Waals surface area contributed by atoms with Crippen molar-refractivity contribution >= 4 is 60.8 Å². The molecule has 11 aromatic rings. The van der Waals surface area contributed by atoms with Crippen LogP contribution in [0.3, 0.4) is 0 Å². The van der Waals surface area contributed by atoms with Crippen LogP contribution in [0.2, 0.25) is 0 Å². The van der Waals surface area contributed by atoms with Gasteiger partial charge in [-0.25, -0.2) is 0 Å². The molecule has 0 spiro atoms. The van der Waals surface area contributed by atoms with E-state index in [1.165, 1.54) is 38.5 Å². The SMILES string of the molecule is c1ccc(-c2ccccc2-c2ccccc2-n2c3ccccc3c3ccc(N(c4ccccc4)c4ccccc4-c4ccc5oc6ccccc6c5c4)cc32)cc1. The summed E-state index contributed by atoms with van der Waals surface area (Å²) in [4.78, 5) is 2.39. The van der Waals surface area contributed by atoms with E-state index in [1.54, 1.807) is 0 Å². The first-order chi connectivity index (χ1) is 28.3. The van der Waals surface area contributed by atoms with Crippen molar-refractivity contribution in [3.8, 4) is 39.1 Å². The van der Waals surface area contributed by atoms with Crippen molar-refractivity contribution in [1.82, 2.24) is 4.57 Å².